The van der Waals surface area contributed by atoms with Crippen LogP contribution in [0.3, 0.4) is 0 Å². The first-order chi connectivity index (χ1) is 13.2. The summed E-state index contributed by atoms with van der Waals surface area (Å²) < 4.78 is 0. The maximum atomic E-state index is 12.5. The van der Waals surface area contributed by atoms with Crippen LogP contribution in [0.1, 0.15) is 37.3 Å². The highest BCUT2D eigenvalue weighted by Crippen LogP contribution is 2.20. The van der Waals surface area contributed by atoms with Crippen molar-refractivity contribution in [3.63, 3.8) is 0 Å². The van der Waals surface area contributed by atoms with E-state index in [9.17, 15) is 4.79 Å². The number of hydrogen-bond acceptors (Lipinski definition) is 3. The van der Waals surface area contributed by atoms with Crippen LogP contribution in [0.2, 0.25) is 5.02 Å². The van der Waals surface area contributed by atoms with Crippen molar-refractivity contribution in [1.29, 1.82) is 0 Å². The first-order valence-electron chi connectivity index (χ1n) is 9.54. The van der Waals surface area contributed by atoms with Crippen molar-refractivity contribution in [2.45, 2.75) is 32.7 Å². The fraction of sp³-hybridized carbons (Fsp3) is 0.364. The van der Waals surface area contributed by atoms with Gasteiger partial charge in [0.2, 0.25) is 5.91 Å². The number of benzene rings is 2. The third-order valence-corrected chi connectivity index (χ3v) is 5.27. The summed E-state index contributed by atoms with van der Waals surface area (Å²) in [6.45, 7) is 4.79. The van der Waals surface area contributed by atoms with Crippen LogP contribution in [0, 0.1) is 5.92 Å². The zero-order valence-corrected chi connectivity index (χ0v) is 16.5. The van der Waals surface area contributed by atoms with Crippen LogP contribution >= 0.6 is 11.6 Å². The Morgan fingerprint density at radius 2 is 1.78 bits per heavy atom. The van der Waals surface area contributed by atoms with Crippen LogP contribution in [0.25, 0.3) is 0 Å². The van der Waals surface area contributed by atoms with E-state index in [1.165, 1.54) is 5.56 Å². The number of carbonyl (C=O) groups excluding carboxylic acids is 1. The summed E-state index contributed by atoms with van der Waals surface area (Å²) in [5.74, 6) is 0.0621. The predicted octanol–water partition coefficient (Wildman–Crippen LogP) is 4.48. The smallest absolute Gasteiger partial charge is 0.243 e. The number of rotatable bonds is 6. The average Bonchev–Trinajstić information content (AvgIpc) is 2.71. The van der Waals surface area contributed by atoms with Gasteiger partial charge >= 0.3 is 0 Å². The molecule has 27 heavy (non-hydrogen) atoms. The molecule has 1 fully saturated rings. The Kier molecular flexibility index (Phi) is 7.02. The first kappa shape index (κ1) is 19.6. The molecule has 3 rings (SSSR count). The Morgan fingerprint density at radius 3 is 2.41 bits per heavy atom. The Balaban J connectivity index is 1.49. The molecular formula is C22H26ClN3O. The molecule has 0 atom stereocenters. The normalized spacial score (nSPS) is 16.3. The largest absolute Gasteiger partial charge is 0.299 e. The highest BCUT2D eigenvalue weighted by molar-refractivity contribution is 6.30. The molecule has 0 saturated carbocycles. The van der Waals surface area contributed by atoms with Gasteiger partial charge in [-0.15, -0.1) is 0 Å². The van der Waals surface area contributed by atoms with Gasteiger partial charge in [0, 0.05) is 17.5 Å². The maximum Gasteiger partial charge on any atom is 0.243 e. The minimum atomic E-state index is 0.0306. The number of halogens is 1. The Hall–Kier alpha value is -2.17. The Labute approximate surface area is 166 Å². The van der Waals surface area contributed by atoms with E-state index in [1.807, 2.05) is 49.4 Å². The average molecular weight is 384 g/mol. The molecule has 1 saturated heterocycles. The van der Waals surface area contributed by atoms with E-state index in [4.69, 9.17) is 11.6 Å². The lowest BCUT2D eigenvalue weighted by atomic mass is 9.96. The molecule has 0 unspecified atom stereocenters. The Bertz CT molecular complexity index is 766. The van der Waals surface area contributed by atoms with E-state index in [0.29, 0.717) is 0 Å². The number of amides is 1. The second kappa shape index (κ2) is 9.67. The van der Waals surface area contributed by atoms with Crippen LogP contribution in [0.15, 0.2) is 59.7 Å². The fourth-order valence-corrected chi connectivity index (χ4v) is 3.52. The van der Waals surface area contributed by atoms with Gasteiger partial charge in [0.15, 0.2) is 0 Å². The zero-order valence-electron chi connectivity index (χ0n) is 15.7. The predicted molar refractivity (Wildman–Crippen MR) is 111 cm³/mol. The van der Waals surface area contributed by atoms with Crippen LogP contribution in [0.5, 0.6) is 0 Å². The third-order valence-electron chi connectivity index (χ3n) is 5.02. The summed E-state index contributed by atoms with van der Waals surface area (Å²) >= 11 is 5.94. The van der Waals surface area contributed by atoms with Gasteiger partial charge in [-0.3, -0.25) is 9.69 Å². The molecule has 5 heteroatoms. The molecule has 1 heterocycles. The summed E-state index contributed by atoms with van der Waals surface area (Å²) in [6.07, 6.45) is 2.51. The summed E-state index contributed by atoms with van der Waals surface area (Å²) in [5.41, 5.74) is 6.00. The van der Waals surface area contributed by atoms with Crippen molar-refractivity contribution in [3.8, 4) is 0 Å². The van der Waals surface area contributed by atoms with Crippen molar-refractivity contribution in [2.24, 2.45) is 11.0 Å². The lowest BCUT2D eigenvalue weighted by molar-refractivity contribution is -0.126. The van der Waals surface area contributed by atoms with Crippen LogP contribution in [-0.2, 0) is 11.3 Å². The number of nitrogens with zero attached hydrogens (tertiary/aromatic N) is 2. The zero-order chi connectivity index (χ0) is 19.1. The van der Waals surface area contributed by atoms with Gasteiger partial charge in [-0.05, 0) is 55.6 Å². The van der Waals surface area contributed by atoms with E-state index in [0.717, 1.165) is 55.2 Å². The van der Waals surface area contributed by atoms with E-state index in [-0.39, 0.29) is 11.8 Å². The third kappa shape index (κ3) is 5.65. The lowest BCUT2D eigenvalue weighted by Gasteiger charge is -2.31. The number of hydrazone groups is 1. The van der Waals surface area contributed by atoms with Gasteiger partial charge in [0.05, 0.1) is 5.71 Å². The fourth-order valence-electron chi connectivity index (χ4n) is 3.39. The van der Waals surface area contributed by atoms with Crippen molar-refractivity contribution in [2.75, 3.05) is 13.1 Å². The molecule has 0 aromatic heterocycles. The minimum absolute atomic E-state index is 0.0306. The van der Waals surface area contributed by atoms with Crippen molar-refractivity contribution >= 4 is 23.2 Å². The van der Waals surface area contributed by atoms with E-state index in [1.54, 1.807) is 0 Å². The van der Waals surface area contributed by atoms with Gasteiger partial charge in [0.1, 0.15) is 0 Å². The molecule has 0 bridgehead atoms. The summed E-state index contributed by atoms with van der Waals surface area (Å²) in [7, 11) is 0. The van der Waals surface area contributed by atoms with Crippen LogP contribution in [-0.4, -0.2) is 29.6 Å². The molecule has 2 aromatic rings. The summed E-state index contributed by atoms with van der Waals surface area (Å²) in [5, 5.41) is 5.13. The monoisotopic (exact) mass is 383 g/mol. The molecule has 1 aliphatic rings. The van der Waals surface area contributed by atoms with Gasteiger partial charge in [-0.1, -0.05) is 61.0 Å². The number of piperidine rings is 1. The standard InChI is InChI=1S/C22H26ClN3O/c1-2-21(18-6-4-3-5-7-18)24-25-22(27)19-12-14-26(15-13-19)16-17-8-10-20(23)11-9-17/h3-11,19H,2,12-16H2,1H3,(H,25,27)/b24-21+. The van der Waals surface area contributed by atoms with Crippen LogP contribution < -0.4 is 5.43 Å². The number of hydrogen-bond donors (Lipinski definition) is 1. The number of likely N-dealkylation sites (tertiary alicyclic amines) is 1. The van der Waals surface area contributed by atoms with Crippen molar-refractivity contribution in [3.05, 3.63) is 70.7 Å². The van der Waals surface area contributed by atoms with Gasteiger partial charge in [-0.2, -0.15) is 5.10 Å². The minimum Gasteiger partial charge on any atom is -0.299 e. The molecule has 0 aliphatic carbocycles. The lowest BCUT2D eigenvalue weighted by Crippen LogP contribution is -2.39. The molecule has 1 N–H and O–H groups in total. The second-order valence-electron chi connectivity index (χ2n) is 6.93. The molecule has 4 nitrogen and oxygen atoms in total. The molecule has 0 radical (unpaired) electrons. The van der Waals surface area contributed by atoms with Crippen molar-refractivity contribution < 1.29 is 4.79 Å². The summed E-state index contributed by atoms with van der Waals surface area (Å²) in [6, 6.07) is 18.0. The Morgan fingerprint density at radius 1 is 1.11 bits per heavy atom. The maximum absolute atomic E-state index is 12.5. The first-order valence-corrected chi connectivity index (χ1v) is 9.92. The van der Waals surface area contributed by atoms with Gasteiger partial charge < -0.3 is 0 Å². The van der Waals surface area contributed by atoms with Gasteiger partial charge in [-0.25, -0.2) is 5.43 Å². The molecular weight excluding hydrogens is 358 g/mol. The molecule has 1 aliphatic heterocycles. The molecule has 142 valence electrons. The molecule has 0 spiro atoms. The SMILES string of the molecule is CC/C(=N\NC(=O)C1CCN(Cc2ccc(Cl)cc2)CC1)c1ccccc1. The highest BCUT2D eigenvalue weighted by atomic mass is 35.5. The molecule has 2 aromatic carbocycles. The van der Waals surface area contributed by atoms with Crippen molar-refractivity contribution in [1.82, 2.24) is 10.3 Å². The van der Waals surface area contributed by atoms with E-state index in [2.05, 4.69) is 27.6 Å². The van der Waals surface area contributed by atoms with E-state index < -0.39 is 0 Å². The molecule has 1 amide bonds. The second-order valence-corrected chi connectivity index (χ2v) is 7.37. The topological polar surface area (TPSA) is 44.7 Å². The number of nitrogens with one attached hydrogen (secondary N) is 1. The van der Waals surface area contributed by atoms with Gasteiger partial charge in [0.25, 0.3) is 0 Å². The quantitative estimate of drug-likeness (QED) is 0.590. The highest BCUT2D eigenvalue weighted by Gasteiger charge is 2.25. The van der Waals surface area contributed by atoms with Crippen LogP contribution in [0.4, 0.5) is 0 Å². The number of carbonyl (C=O) groups is 1. The summed E-state index contributed by atoms with van der Waals surface area (Å²) in [4.78, 5) is 14.9. The van der Waals surface area contributed by atoms with E-state index >= 15 is 0 Å².